The van der Waals surface area contributed by atoms with Gasteiger partial charge in [0.1, 0.15) is 0 Å². The Kier molecular flexibility index (Phi) is 4.16. The molecule has 0 aliphatic carbocycles. The number of amides is 1. The zero-order valence-corrected chi connectivity index (χ0v) is 11.8. The summed E-state index contributed by atoms with van der Waals surface area (Å²) in [4.78, 5) is 25.7. The Hall–Kier alpha value is -1.47. The molecule has 2 heterocycles. The maximum atomic E-state index is 12.4. The van der Waals surface area contributed by atoms with Gasteiger partial charge >= 0.3 is 0 Å². The minimum atomic E-state index is -0.433. The summed E-state index contributed by atoms with van der Waals surface area (Å²) < 4.78 is 0. The molecule has 19 heavy (non-hydrogen) atoms. The molecule has 1 N–H and O–H groups in total. The lowest BCUT2D eigenvalue weighted by Crippen LogP contribution is -2.40. The van der Waals surface area contributed by atoms with Gasteiger partial charge in [0.15, 0.2) is 0 Å². The van der Waals surface area contributed by atoms with Crippen LogP contribution in [0.1, 0.15) is 27.4 Å². The third-order valence-corrected chi connectivity index (χ3v) is 4.40. The van der Waals surface area contributed by atoms with Crippen LogP contribution < -0.4 is 5.32 Å². The summed E-state index contributed by atoms with van der Waals surface area (Å²) in [7, 11) is 1.86. The summed E-state index contributed by atoms with van der Waals surface area (Å²) in [6.07, 6.45) is 1.98. The number of carbonyl (C=O) groups excluding carboxylic acids is 1. The van der Waals surface area contributed by atoms with Crippen LogP contribution in [0.2, 0.25) is 0 Å². The van der Waals surface area contributed by atoms with Crippen molar-refractivity contribution in [2.45, 2.75) is 25.8 Å². The summed E-state index contributed by atoms with van der Waals surface area (Å²) in [5.41, 5.74) is 0.0395. The largest absolute Gasteiger partial charge is 0.334 e. The summed E-state index contributed by atoms with van der Waals surface area (Å²) in [5.74, 6) is -0.0843. The SMILES string of the molecule is CNCC1CCCN1C(=O)c1cc([N+](=O)[O-])c(C)s1. The number of likely N-dealkylation sites (tertiary alicyclic amines) is 1. The van der Waals surface area contributed by atoms with Crippen molar-refractivity contribution in [3.8, 4) is 0 Å². The van der Waals surface area contributed by atoms with E-state index in [4.69, 9.17) is 0 Å². The first kappa shape index (κ1) is 14.0. The smallest absolute Gasteiger partial charge is 0.283 e. The predicted molar refractivity (Wildman–Crippen MR) is 73.7 cm³/mol. The van der Waals surface area contributed by atoms with Crippen LogP contribution >= 0.6 is 11.3 Å². The second-order valence-electron chi connectivity index (χ2n) is 4.66. The van der Waals surface area contributed by atoms with Crippen LogP contribution in [0.3, 0.4) is 0 Å². The predicted octanol–water partition coefficient (Wildman–Crippen LogP) is 1.79. The minimum Gasteiger partial charge on any atom is -0.334 e. The highest BCUT2D eigenvalue weighted by molar-refractivity contribution is 7.14. The molecule has 0 bridgehead atoms. The van der Waals surface area contributed by atoms with Crippen molar-refractivity contribution < 1.29 is 9.72 Å². The number of aryl methyl sites for hydroxylation is 1. The molecular weight excluding hydrogens is 266 g/mol. The molecule has 1 fully saturated rings. The normalized spacial score (nSPS) is 18.8. The van der Waals surface area contributed by atoms with Gasteiger partial charge < -0.3 is 10.2 Å². The van der Waals surface area contributed by atoms with Crippen molar-refractivity contribution in [2.75, 3.05) is 20.1 Å². The highest BCUT2D eigenvalue weighted by Gasteiger charge is 2.31. The van der Waals surface area contributed by atoms with E-state index >= 15 is 0 Å². The molecule has 0 radical (unpaired) electrons. The van der Waals surface area contributed by atoms with E-state index in [2.05, 4.69) is 5.32 Å². The molecule has 7 heteroatoms. The number of nitrogens with zero attached hydrogens (tertiary/aromatic N) is 2. The molecule has 1 saturated heterocycles. The number of nitrogens with one attached hydrogen (secondary N) is 1. The second-order valence-corrected chi connectivity index (χ2v) is 5.92. The number of hydrogen-bond acceptors (Lipinski definition) is 5. The lowest BCUT2D eigenvalue weighted by molar-refractivity contribution is -0.385. The van der Waals surface area contributed by atoms with Crippen LogP contribution in [0, 0.1) is 17.0 Å². The van der Waals surface area contributed by atoms with Crippen molar-refractivity contribution in [1.29, 1.82) is 0 Å². The Morgan fingerprint density at radius 3 is 3.00 bits per heavy atom. The standard InChI is InChI=1S/C12H17N3O3S/c1-8-10(15(17)18)6-11(19-8)12(16)14-5-3-4-9(14)7-13-2/h6,9,13H,3-5,7H2,1-2H3. The van der Waals surface area contributed by atoms with Gasteiger partial charge in [-0.15, -0.1) is 11.3 Å². The molecule has 1 aliphatic rings. The fourth-order valence-corrected chi connectivity index (χ4v) is 3.39. The minimum absolute atomic E-state index is 0.0395. The molecule has 1 aromatic rings. The number of hydrogen-bond donors (Lipinski definition) is 1. The monoisotopic (exact) mass is 283 g/mol. The first-order valence-corrected chi connectivity index (χ1v) is 7.06. The van der Waals surface area contributed by atoms with E-state index in [9.17, 15) is 14.9 Å². The molecule has 104 valence electrons. The third kappa shape index (κ3) is 2.76. The van der Waals surface area contributed by atoms with Gasteiger partial charge in [-0.05, 0) is 26.8 Å². The van der Waals surface area contributed by atoms with Gasteiger partial charge in [0.2, 0.25) is 0 Å². The third-order valence-electron chi connectivity index (χ3n) is 3.38. The van der Waals surface area contributed by atoms with Crippen molar-refractivity contribution >= 4 is 22.9 Å². The van der Waals surface area contributed by atoms with Crippen LogP contribution in [0.15, 0.2) is 6.07 Å². The topological polar surface area (TPSA) is 75.5 Å². The fraction of sp³-hybridized carbons (Fsp3) is 0.583. The number of thiophene rings is 1. The molecule has 6 nitrogen and oxygen atoms in total. The van der Waals surface area contributed by atoms with Crippen molar-refractivity contribution in [3.05, 3.63) is 25.9 Å². The number of carbonyl (C=O) groups is 1. The molecule has 1 atom stereocenters. The zero-order chi connectivity index (χ0) is 14.0. The van der Waals surface area contributed by atoms with E-state index in [1.807, 2.05) is 11.9 Å². The highest BCUT2D eigenvalue weighted by atomic mass is 32.1. The van der Waals surface area contributed by atoms with Crippen molar-refractivity contribution in [3.63, 3.8) is 0 Å². The van der Waals surface area contributed by atoms with Gasteiger partial charge in [-0.25, -0.2) is 0 Å². The lowest BCUT2D eigenvalue weighted by Gasteiger charge is -2.23. The summed E-state index contributed by atoms with van der Waals surface area (Å²) in [6, 6.07) is 1.59. The lowest BCUT2D eigenvalue weighted by atomic mass is 10.2. The maximum Gasteiger partial charge on any atom is 0.283 e. The number of rotatable bonds is 4. The second kappa shape index (κ2) is 5.66. The quantitative estimate of drug-likeness (QED) is 0.675. The van der Waals surface area contributed by atoms with Crippen LogP contribution in [-0.4, -0.2) is 41.9 Å². The van der Waals surface area contributed by atoms with E-state index in [1.54, 1.807) is 6.92 Å². The molecule has 1 amide bonds. The zero-order valence-electron chi connectivity index (χ0n) is 11.0. The fourth-order valence-electron chi connectivity index (χ4n) is 2.45. The van der Waals surface area contributed by atoms with Gasteiger partial charge in [-0.3, -0.25) is 14.9 Å². The van der Waals surface area contributed by atoms with Crippen LogP contribution in [0.4, 0.5) is 5.69 Å². The van der Waals surface area contributed by atoms with Gasteiger partial charge in [-0.1, -0.05) is 0 Å². The molecule has 0 saturated carbocycles. The maximum absolute atomic E-state index is 12.4. The van der Waals surface area contributed by atoms with Gasteiger partial charge in [-0.2, -0.15) is 0 Å². The van der Waals surface area contributed by atoms with E-state index in [-0.39, 0.29) is 17.6 Å². The molecular formula is C12H17N3O3S. The summed E-state index contributed by atoms with van der Waals surface area (Å²) in [6.45, 7) is 3.17. The average molecular weight is 283 g/mol. The Labute approximate surface area is 115 Å². The highest BCUT2D eigenvalue weighted by Crippen LogP contribution is 2.30. The van der Waals surface area contributed by atoms with E-state index in [0.717, 1.165) is 25.9 Å². The Balaban J connectivity index is 2.19. The number of likely N-dealkylation sites (N-methyl/N-ethyl adjacent to an activating group) is 1. The average Bonchev–Trinajstić information content (AvgIpc) is 2.95. The summed E-state index contributed by atoms with van der Waals surface area (Å²) in [5, 5.41) is 13.9. The van der Waals surface area contributed by atoms with E-state index in [1.165, 1.54) is 17.4 Å². The molecule has 1 aliphatic heterocycles. The Morgan fingerprint density at radius 2 is 2.42 bits per heavy atom. The van der Waals surface area contributed by atoms with Gasteiger partial charge in [0.25, 0.3) is 11.6 Å². The first-order valence-electron chi connectivity index (χ1n) is 6.25. The van der Waals surface area contributed by atoms with Crippen LogP contribution in [0.25, 0.3) is 0 Å². The Bertz CT molecular complexity index is 500. The number of nitro groups is 1. The van der Waals surface area contributed by atoms with Crippen LogP contribution in [-0.2, 0) is 0 Å². The first-order chi connectivity index (χ1) is 9.04. The molecule has 0 aromatic carbocycles. The molecule has 0 spiro atoms. The Morgan fingerprint density at radius 1 is 1.68 bits per heavy atom. The molecule has 1 aromatic heterocycles. The van der Waals surface area contributed by atoms with Crippen molar-refractivity contribution in [1.82, 2.24) is 10.2 Å². The van der Waals surface area contributed by atoms with Crippen molar-refractivity contribution in [2.24, 2.45) is 0 Å². The van der Waals surface area contributed by atoms with Gasteiger partial charge in [0.05, 0.1) is 14.7 Å². The van der Waals surface area contributed by atoms with E-state index < -0.39 is 4.92 Å². The summed E-state index contributed by atoms with van der Waals surface area (Å²) >= 11 is 1.20. The molecule has 2 rings (SSSR count). The molecule has 1 unspecified atom stereocenters. The van der Waals surface area contributed by atoms with Crippen LogP contribution in [0.5, 0.6) is 0 Å². The van der Waals surface area contributed by atoms with E-state index in [0.29, 0.717) is 9.75 Å². The van der Waals surface area contributed by atoms with Gasteiger partial charge in [0, 0.05) is 25.2 Å².